The van der Waals surface area contributed by atoms with E-state index in [0.29, 0.717) is 18.1 Å². The van der Waals surface area contributed by atoms with Gasteiger partial charge in [0.25, 0.3) is 0 Å². The van der Waals surface area contributed by atoms with Crippen molar-refractivity contribution < 1.29 is 8.91 Å². The Kier molecular flexibility index (Phi) is 3.75. The van der Waals surface area contributed by atoms with Gasteiger partial charge in [-0.2, -0.15) is 4.98 Å². The first-order chi connectivity index (χ1) is 10.2. The minimum Gasteiger partial charge on any atom is -0.337 e. The largest absolute Gasteiger partial charge is 0.337 e. The molecule has 0 aliphatic carbocycles. The molecular weight excluding hydrogens is 269 g/mol. The molecule has 106 valence electrons. The van der Waals surface area contributed by atoms with Crippen LogP contribution in [0.1, 0.15) is 28.9 Å². The molecule has 3 aromatic rings. The minimum atomic E-state index is -0.458. The fourth-order valence-corrected chi connectivity index (χ4v) is 2.10. The van der Waals surface area contributed by atoms with Crippen LogP contribution in [0.2, 0.25) is 0 Å². The summed E-state index contributed by atoms with van der Waals surface area (Å²) in [5.74, 6) is 0.562. The summed E-state index contributed by atoms with van der Waals surface area (Å²) < 4.78 is 18.3. The van der Waals surface area contributed by atoms with Gasteiger partial charge in [-0.25, -0.2) is 4.39 Å². The van der Waals surface area contributed by atoms with E-state index < -0.39 is 6.04 Å². The van der Waals surface area contributed by atoms with Crippen LogP contribution in [0.4, 0.5) is 4.39 Å². The van der Waals surface area contributed by atoms with E-state index in [1.54, 1.807) is 6.07 Å². The topological polar surface area (TPSA) is 64.9 Å². The number of halogens is 1. The monoisotopic (exact) mass is 283 g/mol. The second kappa shape index (κ2) is 5.85. The Morgan fingerprint density at radius 3 is 2.67 bits per heavy atom. The molecule has 2 aromatic carbocycles. The highest BCUT2D eigenvalue weighted by molar-refractivity contribution is 5.24. The Labute approximate surface area is 121 Å². The van der Waals surface area contributed by atoms with Gasteiger partial charge in [-0.05, 0) is 23.3 Å². The van der Waals surface area contributed by atoms with Gasteiger partial charge in [0.15, 0.2) is 5.82 Å². The average Bonchev–Trinajstić information content (AvgIpc) is 2.96. The van der Waals surface area contributed by atoms with Gasteiger partial charge in [-0.1, -0.05) is 47.6 Å². The van der Waals surface area contributed by atoms with E-state index in [1.807, 2.05) is 36.4 Å². The van der Waals surface area contributed by atoms with Crippen molar-refractivity contribution in [3.05, 3.63) is 83.3 Å². The van der Waals surface area contributed by atoms with Crippen molar-refractivity contribution in [3.63, 3.8) is 0 Å². The molecule has 0 saturated heterocycles. The molecule has 0 bridgehead atoms. The van der Waals surface area contributed by atoms with Crippen LogP contribution in [0, 0.1) is 5.82 Å². The molecule has 3 rings (SSSR count). The first-order valence-electron chi connectivity index (χ1n) is 6.60. The van der Waals surface area contributed by atoms with Gasteiger partial charge in [0, 0.05) is 6.42 Å². The summed E-state index contributed by atoms with van der Waals surface area (Å²) in [7, 11) is 0. The third kappa shape index (κ3) is 3.14. The normalized spacial score (nSPS) is 12.3. The quantitative estimate of drug-likeness (QED) is 0.799. The fourth-order valence-electron chi connectivity index (χ4n) is 2.10. The summed E-state index contributed by atoms with van der Waals surface area (Å²) in [6.07, 6.45) is 0.406. The van der Waals surface area contributed by atoms with Crippen LogP contribution in [-0.4, -0.2) is 10.1 Å². The molecule has 0 fully saturated rings. The predicted octanol–water partition coefficient (Wildman–Crippen LogP) is 2.85. The van der Waals surface area contributed by atoms with Crippen LogP contribution in [0.5, 0.6) is 0 Å². The number of aromatic nitrogens is 2. The Bertz CT molecular complexity index is 727. The van der Waals surface area contributed by atoms with Gasteiger partial charge in [0.2, 0.25) is 5.89 Å². The zero-order valence-corrected chi connectivity index (χ0v) is 11.2. The second-order valence-electron chi connectivity index (χ2n) is 4.74. The van der Waals surface area contributed by atoms with E-state index in [1.165, 1.54) is 12.1 Å². The lowest BCUT2D eigenvalue weighted by Crippen LogP contribution is -2.12. The number of rotatable bonds is 4. The molecule has 0 radical (unpaired) electrons. The number of benzene rings is 2. The molecule has 5 heteroatoms. The summed E-state index contributed by atoms with van der Waals surface area (Å²) >= 11 is 0. The lowest BCUT2D eigenvalue weighted by atomic mass is 10.1. The maximum Gasteiger partial charge on any atom is 0.248 e. The van der Waals surface area contributed by atoms with Gasteiger partial charge in [-0.3, -0.25) is 0 Å². The molecular formula is C16H14FN3O. The van der Waals surface area contributed by atoms with Gasteiger partial charge in [-0.15, -0.1) is 0 Å². The summed E-state index contributed by atoms with van der Waals surface area (Å²) in [4.78, 5) is 4.29. The van der Waals surface area contributed by atoms with Crippen molar-refractivity contribution in [3.8, 4) is 0 Å². The number of nitrogens with zero attached hydrogens (tertiary/aromatic N) is 2. The molecule has 0 saturated carbocycles. The lowest BCUT2D eigenvalue weighted by Gasteiger charge is -2.05. The Morgan fingerprint density at radius 1 is 1.10 bits per heavy atom. The third-order valence-electron chi connectivity index (χ3n) is 3.16. The number of hydrogen-bond donors (Lipinski definition) is 1. The lowest BCUT2D eigenvalue weighted by molar-refractivity contribution is 0.363. The molecule has 1 atom stereocenters. The highest BCUT2D eigenvalue weighted by Crippen LogP contribution is 2.18. The van der Waals surface area contributed by atoms with E-state index >= 15 is 0 Å². The molecule has 0 unspecified atom stereocenters. The number of hydrogen-bond acceptors (Lipinski definition) is 4. The molecule has 0 aliphatic rings. The van der Waals surface area contributed by atoms with Crippen molar-refractivity contribution in [2.24, 2.45) is 5.73 Å². The zero-order chi connectivity index (χ0) is 14.7. The smallest absolute Gasteiger partial charge is 0.248 e. The molecule has 1 aromatic heterocycles. The van der Waals surface area contributed by atoms with Crippen LogP contribution in [0.25, 0.3) is 0 Å². The third-order valence-corrected chi connectivity index (χ3v) is 3.16. The zero-order valence-electron chi connectivity index (χ0n) is 11.2. The van der Waals surface area contributed by atoms with Gasteiger partial charge < -0.3 is 10.3 Å². The van der Waals surface area contributed by atoms with E-state index in [-0.39, 0.29) is 5.82 Å². The second-order valence-corrected chi connectivity index (χ2v) is 4.74. The Balaban J connectivity index is 1.77. The molecule has 0 amide bonds. The van der Waals surface area contributed by atoms with E-state index in [0.717, 1.165) is 11.1 Å². The maximum absolute atomic E-state index is 13.1. The summed E-state index contributed by atoms with van der Waals surface area (Å²) in [5, 5.41) is 3.90. The molecule has 0 aliphatic heterocycles. The highest BCUT2D eigenvalue weighted by Gasteiger charge is 2.16. The van der Waals surface area contributed by atoms with Gasteiger partial charge >= 0.3 is 0 Å². The maximum atomic E-state index is 13.1. The molecule has 1 heterocycles. The summed E-state index contributed by atoms with van der Waals surface area (Å²) in [5.41, 5.74) is 7.78. The van der Waals surface area contributed by atoms with Crippen molar-refractivity contribution in [2.75, 3.05) is 0 Å². The average molecular weight is 283 g/mol. The first kappa shape index (κ1) is 13.5. The molecule has 4 nitrogen and oxygen atoms in total. The first-order valence-corrected chi connectivity index (χ1v) is 6.60. The Hall–Kier alpha value is -2.53. The van der Waals surface area contributed by atoms with Crippen molar-refractivity contribution >= 4 is 0 Å². The molecule has 0 spiro atoms. The van der Waals surface area contributed by atoms with Crippen molar-refractivity contribution in [2.45, 2.75) is 12.5 Å². The molecule has 21 heavy (non-hydrogen) atoms. The minimum absolute atomic E-state index is 0.280. The standard InChI is InChI=1S/C16H14FN3O/c17-13-8-4-5-11(9-13)10-14-19-16(21-20-14)15(18)12-6-2-1-3-7-12/h1-9,15H,10,18H2/t15-/m0/s1. The van der Waals surface area contributed by atoms with E-state index in [2.05, 4.69) is 10.1 Å². The van der Waals surface area contributed by atoms with Crippen molar-refractivity contribution in [1.82, 2.24) is 10.1 Å². The van der Waals surface area contributed by atoms with E-state index in [9.17, 15) is 4.39 Å². The van der Waals surface area contributed by atoms with Gasteiger partial charge in [0.1, 0.15) is 11.9 Å². The van der Waals surface area contributed by atoms with Crippen molar-refractivity contribution in [1.29, 1.82) is 0 Å². The van der Waals surface area contributed by atoms with Crippen LogP contribution >= 0.6 is 0 Å². The Morgan fingerprint density at radius 2 is 1.90 bits per heavy atom. The molecule has 2 N–H and O–H groups in total. The number of nitrogens with two attached hydrogens (primary N) is 1. The van der Waals surface area contributed by atoms with Crippen LogP contribution in [-0.2, 0) is 6.42 Å². The van der Waals surface area contributed by atoms with Crippen LogP contribution in [0.3, 0.4) is 0 Å². The van der Waals surface area contributed by atoms with Gasteiger partial charge in [0.05, 0.1) is 0 Å². The van der Waals surface area contributed by atoms with Crippen LogP contribution in [0.15, 0.2) is 59.1 Å². The SMILES string of the molecule is N[C@@H](c1ccccc1)c1nc(Cc2cccc(F)c2)no1. The fraction of sp³-hybridized carbons (Fsp3) is 0.125. The highest BCUT2D eigenvalue weighted by atomic mass is 19.1. The van der Waals surface area contributed by atoms with E-state index in [4.69, 9.17) is 10.3 Å². The summed E-state index contributed by atoms with van der Waals surface area (Å²) in [6, 6.07) is 15.4. The van der Waals surface area contributed by atoms with Crippen LogP contribution < -0.4 is 5.73 Å². The summed E-state index contributed by atoms with van der Waals surface area (Å²) in [6.45, 7) is 0. The predicted molar refractivity (Wildman–Crippen MR) is 76.0 cm³/mol.